The Labute approximate surface area is 119 Å². The van der Waals surface area contributed by atoms with Crippen LogP contribution in [0, 0.1) is 0 Å². The highest BCUT2D eigenvalue weighted by Crippen LogP contribution is 2.29. The highest BCUT2D eigenvalue weighted by Gasteiger charge is 2.11. The molecule has 2 atom stereocenters. The van der Waals surface area contributed by atoms with Crippen LogP contribution in [-0.4, -0.2) is 17.8 Å². The molecule has 1 unspecified atom stereocenters. The number of halogens is 1. The number of hydrogen-bond donors (Lipinski definition) is 2. The predicted molar refractivity (Wildman–Crippen MR) is 81.7 cm³/mol. The van der Waals surface area contributed by atoms with Crippen molar-refractivity contribution in [3.05, 3.63) is 47.0 Å². The lowest BCUT2D eigenvalue weighted by Gasteiger charge is -2.19. The monoisotopic (exact) mass is 277 g/mol. The molecule has 0 saturated heterocycles. The molecule has 0 heterocycles. The lowest BCUT2D eigenvalue weighted by atomic mass is 9.99. The van der Waals surface area contributed by atoms with Gasteiger partial charge in [-0.05, 0) is 30.4 Å². The summed E-state index contributed by atoms with van der Waals surface area (Å²) in [6.45, 7) is 4.70. The molecule has 0 saturated carbocycles. The van der Waals surface area contributed by atoms with E-state index in [0.717, 1.165) is 16.8 Å². The fraction of sp³-hybridized carbons (Fsp3) is 0.375. The summed E-state index contributed by atoms with van der Waals surface area (Å²) >= 11 is 6.22. The van der Waals surface area contributed by atoms with Gasteiger partial charge in [-0.3, -0.25) is 0 Å². The van der Waals surface area contributed by atoms with Crippen molar-refractivity contribution in [3.63, 3.8) is 0 Å². The topological polar surface area (TPSA) is 32.3 Å². The molecule has 0 spiro atoms. The Morgan fingerprint density at radius 3 is 2.53 bits per heavy atom. The molecule has 0 amide bonds. The number of rotatable bonds is 5. The molecule has 2 nitrogen and oxygen atoms in total. The summed E-state index contributed by atoms with van der Waals surface area (Å²) in [6.07, 6.45) is 0.474. The van der Waals surface area contributed by atoms with Gasteiger partial charge in [0, 0.05) is 23.0 Å². The molecule has 0 aliphatic carbocycles. The molecule has 0 aromatic heterocycles. The first-order chi connectivity index (χ1) is 9.13. The Kier molecular flexibility index (Phi) is 4.81. The Morgan fingerprint density at radius 2 is 1.84 bits per heavy atom. The third kappa shape index (κ3) is 3.27. The molecule has 0 radical (unpaired) electrons. The second-order valence-corrected chi connectivity index (χ2v) is 5.28. The van der Waals surface area contributed by atoms with Crippen LogP contribution < -0.4 is 5.32 Å². The molecule has 102 valence electrons. The third-order valence-electron chi connectivity index (χ3n) is 3.50. The van der Waals surface area contributed by atoms with E-state index in [1.807, 2.05) is 31.2 Å². The van der Waals surface area contributed by atoms with Crippen molar-refractivity contribution in [2.45, 2.75) is 32.4 Å². The Balaban J connectivity index is 2.27. The van der Waals surface area contributed by atoms with Gasteiger partial charge in [0.25, 0.3) is 0 Å². The van der Waals surface area contributed by atoms with Crippen LogP contribution in [0.15, 0.2) is 36.4 Å². The summed E-state index contributed by atoms with van der Waals surface area (Å²) in [4.78, 5) is 0. The summed E-state index contributed by atoms with van der Waals surface area (Å²) in [5.74, 6) is 0. The van der Waals surface area contributed by atoms with Crippen molar-refractivity contribution >= 4 is 22.4 Å². The molecule has 0 aliphatic heterocycles. The zero-order valence-corrected chi connectivity index (χ0v) is 12.1. The van der Waals surface area contributed by atoms with Gasteiger partial charge in [0.05, 0.1) is 6.10 Å². The Bertz CT molecular complexity index is 555. The van der Waals surface area contributed by atoms with Crippen LogP contribution >= 0.6 is 11.6 Å². The Hall–Kier alpha value is -1.09. The van der Waals surface area contributed by atoms with Crippen LogP contribution in [0.5, 0.6) is 0 Å². The van der Waals surface area contributed by atoms with Gasteiger partial charge in [-0.15, -0.1) is 0 Å². The van der Waals surface area contributed by atoms with Crippen molar-refractivity contribution < 1.29 is 5.11 Å². The highest BCUT2D eigenvalue weighted by atomic mass is 35.5. The van der Waals surface area contributed by atoms with E-state index >= 15 is 0 Å². The van der Waals surface area contributed by atoms with Gasteiger partial charge in [0.15, 0.2) is 0 Å². The lowest BCUT2D eigenvalue weighted by Crippen LogP contribution is -2.28. The first-order valence-electron chi connectivity index (χ1n) is 6.72. The normalized spacial score (nSPS) is 14.5. The smallest absolute Gasteiger partial charge is 0.0662 e. The predicted octanol–water partition coefficient (Wildman–Crippen LogP) is 3.91. The van der Waals surface area contributed by atoms with E-state index in [-0.39, 0.29) is 12.1 Å². The average molecular weight is 278 g/mol. The summed E-state index contributed by atoms with van der Waals surface area (Å²) in [5, 5.41) is 16.0. The van der Waals surface area contributed by atoms with Gasteiger partial charge in [-0.25, -0.2) is 0 Å². The highest BCUT2D eigenvalue weighted by molar-refractivity contribution is 6.35. The van der Waals surface area contributed by atoms with Crippen molar-refractivity contribution in [3.8, 4) is 0 Å². The molecule has 3 heteroatoms. The maximum absolute atomic E-state index is 9.63. The molecular formula is C16H20ClNO. The summed E-state index contributed by atoms with van der Waals surface area (Å²) < 4.78 is 0. The van der Waals surface area contributed by atoms with Crippen LogP contribution in [0.1, 0.15) is 31.9 Å². The quantitative estimate of drug-likeness (QED) is 0.868. The standard InChI is InChI=1S/C16H20ClNO/c1-3-12(19)10-18-11(2)13-8-9-16(17)15-7-5-4-6-14(13)15/h4-9,11-12,18-19H,3,10H2,1-2H3/t11?,12-/m1/s1. The summed E-state index contributed by atoms with van der Waals surface area (Å²) in [7, 11) is 0. The zero-order chi connectivity index (χ0) is 13.8. The minimum absolute atomic E-state index is 0.184. The van der Waals surface area contributed by atoms with Crippen LogP contribution in [-0.2, 0) is 0 Å². The van der Waals surface area contributed by atoms with Crippen LogP contribution in [0.4, 0.5) is 0 Å². The van der Waals surface area contributed by atoms with Gasteiger partial charge in [0.1, 0.15) is 0 Å². The third-order valence-corrected chi connectivity index (χ3v) is 3.83. The van der Waals surface area contributed by atoms with E-state index in [0.29, 0.717) is 6.54 Å². The summed E-state index contributed by atoms with van der Waals surface area (Å²) in [6, 6.07) is 12.3. The van der Waals surface area contributed by atoms with Crippen LogP contribution in [0.2, 0.25) is 5.02 Å². The number of benzene rings is 2. The summed E-state index contributed by atoms with van der Waals surface area (Å²) in [5.41, 5.74) is 1.21. The minimum atomic E-state index is -0.291. The molecule has 0 fully saturated rings. The largest absolute Gasteiger partial charge is 0.392 e. The van der Waals surface area contributed by atoms with Gasteiger partial charge < -0.3 is 10.4 Å². The molecule has 2 aromatic rings. The van der Waals surface area contributed by atoms with E-state index in [9.17, 15) is 5.11 Å². The molecule has 2 aromatic carbocycles. The average Bonchev–Trinajstić information content (AvgIpc) is 2.45. The van der Waals surface area contributed by atoms with Gasteiger partial charge in [-0.1, -0.05) is 48.9 Å². The van der Waals surface area contributed by atoms with E-state index in [2.05, 4.69) is 24.4 Å². The lowest BCUT2D eigenvalue weighted by molar-refractivity contribution is 0.164. The van der Waals surface area contributed by atoms with Crippen LogP contribution in [0.3, 0.4) is 0 Å². The molecule has 0 bridgehead atoms. The van der Waals surface area contributed by atoms with E-state index < -0.39 is 0 Å². The van der Waals surface area contributed by atoms with Crippen molar-refractivity contribution in [2.24, 2.45) is 0 Å². The SMILES string of the molecule is CC[C@@H](O)CNC(C)c1ccc(Cl)c2ccccc12. The fourth-order valence-corrected chi connectivity index (χ4v) is 2.46. The number of hydrogen-bond acceptors (Lipinski definition) is 2. The Morgan fingerprint density at radius 1 is 1.16 bits per heavy atom. The van der Waals surface area contributed by atoms with E-state index in [1.165, 1.54) is 10.9 Å². The molecular weight excluding hydrogens is 258 g/mol. The van der Waals surface area contributed by atoms with Crippen molar-refractivity contribution in [1.29, 1.82) is 0 Å². The van der Waals surface area contributed by atoms with E-state index in [1.54, 1.807) is 0 Å². The second kappa shape index (κ2) is 6.38. The maximum atomic E-state index is 9.63. The van der Waals surface area contributed by atoms with E-state index in [4.69, 9.17) is 11.6 Å². The molecule has 2 N–H and O–H groups in total. The first-order valence-corrected chi connectivity index (χ1v) is 7.10. The number of nitrogens with one attached hydrogen (secondary N) is 1. The second-order valence-electron chi connectivity index (χ2n) is 4.87. The number of fused-ring (bicyclic) bond motifs is 1. The molecule has 2 rings (SSSR count). The number of aliphatic hydroxyl groups is 1. The molecule has 0 aliphatic rings. The minimum Gasteiger partial charge on any atom is -0.392 e. The van der Waals surface area contributed by atoms with Gasteiger partial charge >= 0.3 is 0 Å². The number of aliphatic hydroxyl groups excluding tert-OH is 1. The molecule has 19 heavy (non-hydrogen) atoms. The van der Waals surface area contributed by atoms with Crippen LogP contribution in [0.25, 0.3) is 10.8 Å². The van der Waals surface area contributed by atoms with Crippen molar-refractivity contribution in [2.75, 3.05) is 6.54 Å². The fourth-order valence-electron chi connectivity index (χ4n) is 2.23. The maximum Gasteiger partial charge on any atom is 0.0662 e. The van der Waals surface area contributed by atoms with Crippen molar-refractivity contribution in [1.82, 2.24) is 5.32 Å². The zero-order valence-electron chi connectivity index (χ0n) is 11.4. The van der Waals surface area contributed by atoms with Gasteiger partial charge in [-0.2, -0.15) is 0 Å². The first kappa shape index (κ1) is 14.3. The van der Waals surface area contributed by atoms with Gasteiger partial charge in [0.2, 0.25) is 0 Å².